The topological polar surface area (TPSA) is 95.9 Å². The molecule has 0 bridgehead atoms. The number of halogens is 1. The third kappa shape index (κ3) is 7.33. The molecule has 3 aromatic carbocycles. The van der Waals surface area contributed by atoms with Gasteiger partial charge in [0.1, 0.15) is 5.60 Å². The van der Waals surface area contributed by atoms with Gasteiger partial charge in [0.15, 0.2) is 0 Å². The summed E-state index contributed by atoms with van der Waals surface area (Å²) in [5.41, 5.74) is 3.35. The number of nitrogens with zero attached hydrogens (tertiary/aromatic N) is 1. The Balaban J connectivity index is 1.37. The van der Waals surface area contributed by atoms with Crippen LogP contribution in [0.3, 0.4) is 0 Å². The van der Waals surface area contributed by atoms with Crippen molar-refractivity contribution in [2.75, 3.05) is 6.54 Å². The second-order valence-corrected chi connectivity index (χ2v) is 13.3. The number of aliphatic hydroxyl groups excluding tert-OH is 1. The zero-order chi connectivity index (χ0) is 31.4. The van der Waals surface area contributed by atoms with E-state index >= 15 is 0 Å². The fourth-order valence-electron chi connectivity index (χ4n) is 6.44. The average molecular weight is 617 g/mol. The van der Waals surface area contributed by atoms with E-state index in [4.69, 9.17) is 16.3 Å². The lowest BCUT2D eigenvalue weighted by molar-refractivity contribution is -0.153. The Labute approximate surface area is 264 Å². The average Bonchev–Trinajstić information content (AvgIpc) is 2.98. The standard InChI is InChI=1S/C36H41ClN2O5/c1-36(2,3)44-31(41)22-24-14-12-23(13-15-24)20-21-38-34(42)32-27-8-4-5-9-28(27)35(43)39(29-10-6-7-11-30(29)40)33(32)25-16-18-26(37)19-17-25/h4-5,8-9,12-19,29-30,32-33,40H,6-7,10-11,20-22H2,1-3H3,(H,38,42)/t29-,30-,32+,33-/m0/s1. The van der Waals surface area contributed by atoms with E-state index in [-0.39, 0.29) is 30.2 Å². The van der Waals surface area contributed by atoms with Crippen LogP contribution in [0.1, 0.15) is 91.0 Å². The zero-order valence-electron chi connectivity index (χ0n) is 25.6. The number of hydrogen-bond acceptors (Lipinski definition) is 5. The number of carbonyl (C=O) groups excluding carboxylic acids is 3. The van der Waals surface area contributed by atoms with Crippen LogP contribution in [0.2, 0.25) is 5.02 Å². The summed E-state index contributed by atoms with van der Waals surface area (Å²) in [6.07, 6.45) is 3.26. The van der Waals surface area contributed by atoms with Gasteiger partial charge in [-0.3, -0.25) is 14.4 Å². The fraction of sp³-hybridized carbons (Fsp3) is 0.417. The zero-order valence-corrected chi connectivity index (χ0v) is 26.3. The summed E-state index contributed by atoms with van der Waals surface area (Å²) in [6.45, 7) is 5.94. The summed E-state index contributed by atoms with van der Waals surface area (Å²) in [5.74, 6) is -1.28. The molecule has 0 radical (unpaired) electrons. The molecule has 0 spiro atoms. The predicted molar refractivity (Wildman–Crippen MR) is 171 cm³/mol. The van der Waals surface area contributed by atoms with Crippen molar-refractivity contribution in [2.24, 2.45) is 0 Å². The van der Waals surface area contributed by atoms with Gasteiger partial charge in [-0.2, -0.15) is 0 Å². The molecule has 232 valence electrons. The van der Waals surface area contributed by atoms with Crippen LogP contribution in [0, 0.1) is 0 Å². The van der Waals surface area contributed by atoms with Gasteiger partial charge in [0, 0.05) is 17.1 Å². The van der Waals surface area contributed by atoms with Crippen molar-refractivity contribution in [3.63, 3.8) is 0 Å². The number of benzene rings is 3. The number of carbonyl (C=O) groups is 3. The van der Waals surface area contributed by atoms with Crippen molar-refractivity contribution in [1.29, 1.82) is 0 Å². The summed E-state index contributed by atoms with van der Waals surface area (Å²) < 4.78 is 5.42. The number of esters is 1. The summed E-state index contributed by atoms with van der Waals surface area (Å²) >= 11 is 6.23. The normalized spacial score (nSPS) is 21.8. The van der Waals surface area contributed by atoms with Crippen molar-refractivity contribution in [2.45, 2.75) is 89.0 Å². The molecule has 4 atom stereocenters. The van der Waals surface area contributed by atoms with Gasteiger partial charge in [-0.1, -0.05) is 79.0 Å². The summed E-state index contributed by atoms with van der Waals surface area (Å²) in [6, 6.07) is 21.4. The highest BCUT2D eigenvalue weighted by molar-refractivity contribution is 6.30. The van der Waals surface area contributed by atoms with E-state index in [0.29, 0.717) is 42.0 Å². The van der Waals surface area contributed by atoms with Gasteiger partial charge in [0.25, 0.3) is 5.91 Å². The van der Waals surface area contributed by atoms with E-state index in [0.717, 1.165) is 29.5 Å². The molecule has 1 heterocycles. The van der Waals surface area contributed by atoms with Crippen molar-refractivity contribution < 1.29 is 24.2 Å². The van der Waals surface area contributed by atoms with E-state index in [2.05, 4.69) is 5.32 Å². The Hall–Kier alpha value is -3.68. The van der Waals surface area contributed by atoms with Crippen molar-refractivity contribution in [1.82, 2.24) is 10.2 Å². The number of nitrogens with one attached hydrogen (secondary N) is 1. The molecule has 8 heteroatoms. The second kappa shape index (κ2) is 13.5. The first kappa shape index (κ1) is 31.7. The van der Waals surface area contributed by atoms with Crippen LogP contribution in [-0.4, -0.2) is 52.1 Å². The minimum absolute atomic E-state index is 0.165. The Kier molecular flexibility index (Phi) is 9.76. The van der Waals surface area contributed by atoms with Gasteiger partial charge in [-0.25, -0.2) is 0 Å². The Morgan fingerprint density at radius 2 is 1.61 bits per heavy atom. The third-order valence-electron chi connectivity index (χ3n) is 8.43. The van der Waals surface area contributed by atoms with Crippen LogP contribution < -0.4 is 5.32 Å². The Morgan fingerprint density at radius 3 is 2.30 bits per heavy atom. The Morgan fingerprint density at radius 1 is 0.955 bits per heavy atom. The lowest BCUT2D eigenvalue weighted by Gasteiger charge is -2.48. The van der Waals surface area contributed by atoms with Gasteiger partial charge in [-0.15, -0.1) is 0 Å². The molecule has 1 saturated carbocycles. The van der Waals surface area contributed by atoms with Crippen LogP contribution in [0.25, 0.3) is 0 Å². The van der Waals surface area contributed by atoms with Crippen LogP contribution in [0.5, 0.6) is 0 Å². The van der Waals surface area contributed by atoms with Crippen molar-refractivity contribution in [3.05, 3.63) is 106 Å². The third-order valence-corrected chi connectivity index (χ3v) is 8.68. The quantitative estimate of drug-likeness (QED) is 0.295. The second-order valence-electron chi connectivity index (χ2n) is 12.8. The highest BCUT2D eigenvalue weighted by Gasteiger charge is 2.48. The molecule has 44 heavy (non-hydrogen) atoms. The highest BCUT2D eigenvalue weighted by atomic mass is 35.5. The molecule has 2 amide bonds. The molecule has 0 saturated heterocycles. The van der Waals surface area contributed by atoms with Gasteiger partial charge in [0.2, 0.25) is 5.91 Å². The maximum Gasteiger partial charge on any atom is 0.310 e. The lowest BCUT2D eigenvalue weighted by atomic mass is 9.76. The highest BCUT2D eigenvalue weighted by Crippen LogP contribution is 2.46. The van der Waals surface area contributed by atoms with E-state index in [1.807, 2.05) is 75.4 Å². The summed E-state index contributed by atoms with van der Waals surface area (Å²) in [5, 5.41) is 14.8. The molecular weight excluding hydrogens is 576 g/mol. The van der Waals surface area contributed by atoms with E-state index in [9.17, 15) is 19.5 Å². The fourth-order valence-corrected chi connectivity index (χ4v) is 6.56. The first-order valence-electron chi connectivity index (χ1n) is 15.4. The van der Waals surface area contributed by atoms with Crippen LogP contribution in [0.4, 0.5) is 0 Å². The molecule has 7 nitrogen and oxygen atoms in total. The number of ether oxygens (including phenoxy) is 1. The maximum atomic E-state index is 14.1. The molecule has 1 aliphatic carbocycles. The first-order chi connectivity index (χ1) is 21.0. The van der Waals surface area contributed by atoms with E-state index in [1.165, 1.54) is 0 Å². The predicted octanol–water partition coefficient (Wildman–Crippen LogP) is 6.17. The molecule has 3 aromatic rings. The molecule has 0 aromatic heterocycles. The van der Waals surface area contributed by atoms with Gasteiger partial charge < -0.3 is 20.1 Å². The first-order valence-corrected chi connectivity index (χ1v) is 15.8. The maximum absolute atomic E-state index is 14.1. The lowest BCUT2D eigenvalue weighted by Crippen LogP contribution is -2.55. The molecule has 2 N–H and O–H groups in total. The molecule has 1 fully saturated rings. The van der Waals surface area contributed by atoms with Gasteiger partial charge >= 0.3 is 5.97 Å². The number of aliphatic hydroxyl groups is 1. The minimum atomic E-state index is -0.671. The Bertz CT molecular complexity index is 1480. The number of hydrogen-bond donors (Lipinski definition) is 2. The number of amides is 2. The number of fused-ring (bicyclic) bond motifs is 1. The molecule has 5 rings (SSSR count). The molecule has 0 unspecified atom stereocenters. The van der Waals surface area contributed by atoms with Gasteiger partial charge in [-0.05, 0) is 80.5 Å². The summed E-state index contributed by atoms with van der Waals surface area (Å²) in [4.78, 5) is 42.1. The van der Waals surface area contributed by atoms with E-state index in [1.54, 1.807) is 23.1 Å². The molecule has 1 aliphatic heterocycles. The smallest absolute Gasteiger partial charge is 0.310 e. The minimum Gasteiger partial charge on any atom is -0.460 e. The van der Waals surface area contributed by atoms with Crippen LogP contribution in [-0.2, 0) is 27.2 Å². The monoisotopic (exact) mass is 616 g/mol. The van der Waals surface area contributed by atoms with Crippen LogP contribution in [0.15, 0.2) is 72.8 Å². The summed E-state index contributed by atoms with van der Waals surface area (Å²) in [7, 11) is 0. The van der Waals surface area contributed by atoms with Crippen molar-refractivity contribution >= 4 is 29.4 Å². The van der Waals surface area contributed by atoms with Gasteiger partial charge in [0.05, 0.1) is 30.5 Å². The van der Waals surface area contributed by atoms with Crippen molar-refractivity contribution in [3.8, 4) is 0 Å². The van der Waals surface area contributed by atoms with E-state index < -0.39 is 23.7 Å². The molecular formula is C36H41ClN2O5. The van der Waals surface area contributed by atoms with Crippen LogP contribution >= 0.6 is 11.6 Å². The molecule has 2 aliphatic rings. The number of rotatable bonds is 8. The largest absolute Gasteiger partial charge is 0.460 e. The SMILES string of the molecule is CC(C)(C)OC(=O)Cc1ccc(CCNC(=O)[C@@H]2c3ccccc3C(=O)N([C@H]3CCCC[C@@H]3O)[C@H]2c2ccc(Cl)cc2)cc1.